The second-order valence-corrected chi connectivity index (χ2v) is 5.02. The summed E-state index contributed by atoms with van der Waals surface area (Å²) in [7, 11) is 0. The maximum absolute atomic E-state index is 12.5. The Morgan fingerprint density at radius 2 is 2.00 bits per heavy atom. The standard InChI is InChI=1S/C16H25NO/c1-5-8-14(4)16(18)17(11-6-2)15-10-7-9-13(3)12-15/h7,9-10,12,14H,5-6,8,11H2,1-4H3. The third-order valence-electron chi connectivity index (χ3n) is 3.17. The minimum absolute atomic E-state index is 0.113. The number of hydrogen-bond acceptors (Lipinski definition) is 1. The molecular formula is C16H25NO. The van der Waals surface area contributed by atoms with Crippen molar-refractivity contribution < 1.29 is 4.79 Å². The number of nitrogens with zero attached hydrogens (tertiary/aromatic N) is 1. The van der Waals surface area contributed by atoms with Gasteiger partial charge in [0.15, 0.2) is 0 Å². The summed E-state index contributed by atoms with van der Waals surface area (Å²) < 4.78 is 0. The molecule has 0 bridgehead atoms. The largest absolute Gasteiger partial charge is 0.312 e. The fourth-order valence-corrected chi connectivity index (χ4v) is 2.21. The Morgan fingerprint density at radius 3 is 2.56 bits per heavy atom. The minimum atomic E-state index is 0.113. The molecule has 100 valence electrons. The maximum Gasteiger partial charge on any atom is 0.229 e. The van der Waals surface area contributed by atoms with Gasteiger partial charge in [-0.3, -0.25) is 4.79 Å². The van der Waals surface area contributed by atoms with Crippen molar-refractivity contribution in [2.75, 3.05) is 11.4 Å². The van der Waals surface area contributed by atoms with E-state index in [1.807, 2.05) is 24.0 Å². The van der Waals surface area contributed by atoms with E-state index in [0.717, 1.165) is 31.5 Å². The molecule has 2 heteroatoms. The van der Waals surface area contributed by atoms with Crippen molar-refractivity contribution in [1.82, 2.24) is 0 Å². The molecule has 1 amide bonds. The van der Waals surface area contributed by atoms with E-state index in [-0.39, 0.29) is 11.8 Å². The van der Waals surface area contributed by atoms with Crippen LogP contribution in [0.1, 0.15) is 45.6 Å². The van der Waals surface area contributed by atoms with E-state index in [1.54, 1.807) is 0 Å². The average Bonchev–Trinajstić information content (AvgIpc) is 2.35. The van der Waals surface area contributed by atoms with Gasteiger partial charge < -0.3 is 4.90 Å². The quantitative estimate of drug-likeness (QED) is 0.738. The Hall–Kier alpha value is -1.31. The summed E-state index contributed by atoms with van der Waals surface area (Å²) in [5.41, 5.74) is 2.23. The molecule has 0 aliphatic heterocycles. The zero-order valence-corrected chi connectivity index (χ0v) is 12.1. The fourth-order valence-electron chi connectivity index (χ4n) is 2.21. The molecule has 0 aliphatic rings. The number of carbonyl (C=O) groups is 1. The zero-order chi connectivity index (χ0) is 13.5. The van der Waals surface area contributed by atoms with E-state index in [9.17, 15) is 4.79 Å². The van der Waals surface area contributed by atoms with Gasteiger partial charge in [-0.15, -0.1) is 0 Å². The fraction of sp³-hybridized carbons (Fsp3) is 0.562. The van der Waals surface area contributed by atoms with Gasteiger partial charge in [-0.05, 0) is 37.5 Å². The summed E-state index contributed by atoms with van der Waals surface area (Å²) in [5.74, 6) is 0.367. The second kappa shape index (κ2) is 7.20. The molecule has 1 rings (SSSR count). The highest BCUT2D eigenvalue weighted by Crippen LogP contribution is 2.20. The summed E-state index contributed by atoms with van der Waals surface area (Å²) in [4.78, 5) is 14.4. The molecule has 1 aromatic rings. The molecule has 0 spiro atoms. The third-order valence-corrected chi connectivity index (χ3v) is 3.17. The lowest BCUT2D eigenvalue weighted by molar-refractivity contribution is -0.122. The van der Waals surface area contributed by atoms with Crippen molar-refractivity contribution >= 4 is 11.6 Å². The topological polar surface area (TPSA) is 20.3 Å². The van der Waals surface area contributed by atoms with Crippen LogP contribution in [0.5, 0.6) is 0 Å². The predicted octanol–water partition coefficient (Wildman–Crippen LogP) is 4.17. The van der Waals surface area contributed by atoms with Gasteiger partial charge in [0.05, 0.1) is 0 Å². The lowest BCUT2D eigenvalue weighted by Gasteiger charge is -2.25. The normalized spacial score (nSPS) is 12.2. The monoisotopic (exact) mass is 247 g/mol. The van der Waals surface area contributed by atoms with E-state index >= 15 is 0 Å². The van der Waals surface area contributed by atoms with Crippen LogP contribution in [-0.4, -0.2) is 12.5 Å². The summed E-state index contributed by atoms with van der Waals surface area (Å²) >= 11 is 0. The second-order valence-electron chi connectivity index (χ2n) is 5.02. The Labute approximate surface area is 111 Å². The molecule has 0 fully saturated rings. The zero-order valence-electron chi connectivity index (χ0n) is 12.1. The first-order valence-corrected chi connectivity index (χ1v) is 6.98. The van der Waals surface area contributed by atoms with Crippen LogP contribution in [0.2, 0.25) is 0 Å². The Bertz CT molecular complexity index is 386. The van der Waals surface area contributed by atoms with Crippen LogP contribution in [-0.2, 0) is 4.79 Å². The van der Waals surface area contributed by atoms with Gasteiger partial charge in [-0.25, -0.2) is 0 Å². The molecule has 0 aromatic heterocycles. The number of rotatable bonds is 6. The maximum atomic E-state index is 12.5. The van der Waals surface area contributed by atoms with Crippen LogP contribution in [0.4, 0.5) is 5.69 Å². The van der Waals surface area contributed by atoms with Gasteiger partial charge in [0.1, 0.15) is 0 Å². The Kier molecular flexibility index (Phi) is 5.90. The first kappa shape index (κ1) is 14.7. The van der Waals surface area contributed by atoms with E-state index in [1.165, 1.54) is 5.56 Å². The number of hydrogen-bond donors (Lipinski definition) is 0. The molecule has 2 nitrogen and oxygen atoms in total. The predicted molar refractivity (Wildman–Crippen MR) is 77.9 cm³/mol. The minimum Gasteiger partial charge on any atom is -0.312 e. The van der Waals surface area contributed by atoms with Gasteiger partial charge in [-0.2, -0.15) is 0 Å². The Morgan fingerprint density at radius 1 is 1.28 bits per heavy atom. The van der Waals surface area contributed by atoms with Crippen LogP contribution in [0.15, 0.2) is 24.3 Å². The van der Waals surface area contributed by atoms with Crippen LogP contribution < -0.4 is 4.90 Å². The SMILES string of the molecule is CCCC(C)C(=O)N(CCC)c1cccc(C)c1. The summed E-state index contributed by atoms with van der Waals surface area (Å²) in [5, 5.41) is 0. The van der Waals surface area contributed by atoms with Gasteiger partial charge in [0.25, 0.3) is 0 Å². The van der Waals surface area contributed by atoms with Crippen molar-refractivity contribution in [1.29, 1.82) is 0 Å². The first-order valence-electron chi connectivity index (χ1n) is 6.98. The van der Waals surface area contributed by atoms with Crippen molar-refractivity contribution in [2.24, 2.45) is 5.92 Å². The van der Waals surface area contributed by atoms with Crippen molar-refractivity contribution in [2.45, 2.75) is 47.0 Å². The van der Waals surface area contributed by atoms with E-state index in [2.05, 4.69) is 32.9 Å². The molecule has 0 saturated heterocycles. The molecule has 1 atom stereocenters. The highest BCUT2D eigenvalue weighted by molar-refractivity contribution is 5.94. The number of aryl methyl sites for hydroxylation is 1. The average molecular weight is 247 g/mol. The first-order chi connectivity index (χ1) is 8.60. The molecule has 0 heterocycles. The van der Waals surface area contributed by atoms with Crippen molar-refractivity contribution in [3.63, 3.8) is 0 Å². The number of anilines is 1. The molecule has 1 unspecified atom stereocenters. The summed E-state index contributed by atoms with van der Waals surface area (Å²) in [6.45, 7) is 9.13. The molecule has 1 aromatic carbocycles. The van der Waals surface area contributed by atoms with Crippen LogP contribution in [0.3, 0.4) is 0 Å². The lowest BCUT2D eigenvalue weighted by atomic mass is 10.0. The molecule has 0 N–H and O–H groups in total. The van der Waals surface area contributed by atoms with Gasteiger partial charge in [0.2, 0.25) is 5.91 Å². The molecule has 0 radical (unpaired) electrons. The molecular weight excluding hydrogens is 222 g/mol. The van der Waals surface area contributed by atoms with Gasteiger partial charge in [0, 0.05) is 18.2 Å². The van der Waals surface area contributed by atoms with Crippen molar-refractivity contribution in [3.05, 3.63) is 29.8 Å². The van der Waals surface area contributed by atoms with Crippen LogP contribution >= 0.6 is 0 Å². The van der Waals surface area contributed by atoms with Gasteiger partial charge in [-0.1, -0.05) is 39.3 Å². The van der Waals surface area contributed by atoms with E-state index in [4.69, 9.17) is 0 Å². The third kappa shape index (κ3) is 3.86. The highest BCUT2D eigenvalue weighted by Gasteiger charge is 2.20. The van der Waals surface area contributed by atoms with Gasteiger partial charge >= 0.3 is 0 Å². The lowest BCUT2D eigenvalue weighted by Crippen LogP contribution is -2.35. The molecule has 0 aliphatic carbocycles. The molecule has 0 saturated carbocycles. The number of benzene rings is 1. The molecule has 18 heavy (non-hydrogen) atoms. The van der Waals surface area contributed by atoms with E-state index < -0.39 is 0 Å². The van der Waals surface area contributed by atoms with Crippen LogP contribution in [0, 0.1) is 12.8 Å². The van der Waals surface area contributed by atoms with Crippen molar-refractivity contribution in [3.8, 4) is 0 Å². The highest BCUT2D eigenvalue weighted by atomic mass is 16.2. The number of amides is 1. The van der Waals surface area contributed by atoms with E-state index in [0.29, 0.717) is 0 Å². The summed E-state index contributed by atoms with van der Waals surface area (Å²) in [6.07, 6.45) is 3.00. The number of carbonyl (C=O) groups excluding carboxylic acids is 1. The van der Waals surface area contributed by atoms with Crippen LogP contribution in [0.25, 0.3) is 0 Å². The Balaban J connectivity index is 2.91. The summed E-state index contributed by atoms with van der Waals surface area (Å²) in [6, 6.07) is 8.20. The smallest absolute Gasteiger partial charge is 0.229 e.